The minimum Gasteiger partial charge on any atom is -0.496 e. The molecular weight excluding hydrogens is 228 g/mol. The van der Waals surface area contributed by atoms with Crippen molar-refractivity contribution in [2.75, 3.05) is 7.11 Å². The molecule has 0 amide bonds. The van der Waals surface area contributed by atoms with Crippen molar-refractivity contribution in [2.45, 2.75) is 20.3 Å². The highest BCUT2D eigenvalue weighted by molar-refractivity contribution is 5.85. The molecule has 0 aliphatic rings. The summed E-state index contributed by atoms with van der Waals surface area (Å²) in [7, 11) is 1.63. The van der Waals surface area contributed by atoms with Crippen LogP contribution in [0.2, 0.25) is 0 Å². The molecule has 0 saturated carbocycles. The molecule has 0 spiro atoms. The van der Waals surface area contributed by atoms with Gasteiger partial charge in [0, 0.05) is 6.08 Å². The zero-order valence-corrected chi connectivity index (χ0v) is 10.9. The molecule has 0 unspecified atom stereocenters. The summed E-state index contributed by atoms with van der Waals surface area (Å²) < 4.78 is 5.29. The summed E-state index contributed by atoms with van der Waals surface area (Å²) in [6.07, 6.45) is 5.60. The van der Waals surface area contributed by atoms with E-state index in [1.54, 1.807) is 13.2 Å². The first-order chi connectivity index (χ1) is 8.52. The lowest BCUT2D eigenvalue weighted by Gasteiger charge is -2.08. The van der Waals surface area contributed by atoms with E-state index < -0.39 is 5.97 Å². The van der Waals surface area contributed by atoms with Crippen molar-refractivity contribution in [1.82, 2.24) is 0 Å². The molecule has 0 aliphatic carbocycles. The predicted octanol–water partition coefficient (Wildman–Crippen LogP) is 3.30. The van der Waals surface area contributed by atoms with E-state index in [9.17, 15) is 4.79 Å². The maximum atomic E-state index is 10.5. The smallest absolute Gasteiger partial charge is 0.328 e. The molecule has 3 heteroatoms. The fourth-order valence-corrected chi connectivity index (χ4v) is 1.54. The molecule has 96 valence electrons. The van der Waals surface area contributed by atoms with Crippen molar-refractivity contribution in [3.63, 3.8) is 0 Å². The second kappa shape index (κ2) is 6.64. The van der Waals surface area contributed by atoms with Crippen molar-refractivity contribution in [3.8, 4) is 5.75 Å². The molecule has 0 atom stereocenters. The Balaban J connectivity index is 3.01. The molecule has 1 aromatic rings. The molecule has 1 rings (SSSR count). The van der Waals surface area contributed by atoms with E-state index in [-0.39, 0.29) is 0 Å². The van der Waals surface area contributed by atoms with Crippen LogP contribution in [0.4, 0.5) is 0 Å². The molecule has 1 aromatic carbocycles. The first kappa shape index (κ1) is 14.0. The standard InChI is InChI=1S/C15H18O3/c1-11(2)4-7-13-10-12(6-9-15(16)17)5-8-14(13)18-3/h4-6,8-10H,7H2,1-3H3,(H,16,17). The van der Waals surface area contributed by atoms with E-state index in [1.165, 1.54) is 5.57 Å². The van der Waals surface area contributed by atoms with Crippen LogP contribution < -0.4 is 4.74 Å². The number of aliphatic carboxylic acids is 1. The number of ether oxygens (including phenoxy) is 1. The average molecular weight is 246 g/mol. The van der Waals surface area contributed by atoms with Crippen LogP contribution in [0.5, 0.6) is 5.75 Å². The SMILES string of the molecule is COc1ccc(C=CC(=O)O)cc1CC=C(C)C. The molecule has 0 aliphatic heterocycles. The van der Waals surface area contributed by atoms with Gasteiger partial charge in [-0.15, -0.1) is 0 Å². The molecule has 0 bridgehead atoms. The van der Waals surface area contributed by atoms with Crippen LogP contribution in [-0.4, -0.2) is 18.2 Å². The number of hydrogen-bond donors (Lipinski definition) is 1. The second-order valence-electron chi connectivity index (χ2n) is 4.23. The van der Waals surface area contributed by atoms with Crippen molar-refractivity contribution in [3.05, 3.63) is 47.1 Å². The third-order valence-corrected chi connectivity index (χ3v) is 2.45. The summed E-state index contributed by atoms with van der Waals surface area (Å²) in [6.45, 7) is 4.08. The van der Waals surface area contributed by atoms with Gasteiger partial charge in [0.2, 0.25) is 0 Å². The Hall–Kier alpha value is -2.03. The highest BCUT2D eigenvalue weighted by atomic mass is 16.5. The van der Waals surface area contributed by atoms with Crippen LogP contribution >= 0.6 is 0 Å². The van der Waals surface area contributed by atoms with Gasteiger partial charge in [0.1, 0.15) is 5.75 Å². The number of hydrogen-bond acceptors (Lipinski definition) is 2. The maximum absolute atomic E-state index is 10.5. The van der Waals surface area contributed by atoms with Crippen LogP contribution in [0.1, 0.15) is 25.0 Å². The van der Waals surface area contributed by atoms with Crippen molar-refractivity contribution in [2.24, 2.45) is 0 Å². The van der Waals surface area contributed by atoms with Crippen LogP contribution in [0.15, 0.2) is 35.9 Å². The lowest BCUT2D eigenvalue weighted by Crippen LogP contribution is -1.92. The molecule has 0 heterocycles. The van der Waals surface area contributed by atoms with Gasteiger partial charge in [-0.3, -0.25) is 0 Å². The van der Waals surface area contributed by atoms with Crippen molar-refractivity contribution < 1.29 is 14.6 Å². The van der Waals surface area contributed by atoms with E-state index in [1.807, 2.05) is 32.0 Å². The number of methoxy groups -OCH3 is 1. The van der Waals surface area contributed by atoms with Gasteiger partial charge in [-0.25, -0.2) is 4.79 Å². The molecule has 0 fully saturated rings. The zero-order valence-electron chi connectivity index (χ0n) is 10.9. The number of carboxylic acids is 1. The summed E-state index contributed by atoms with van der Waals surface area (Å²) in [5, 5.41) is 8.60. The van der Waals surface area contributed by atoms with Gasteiger partial charge in [0.05, 0.1) is 7.11 Å². The molecule has 0 radical (unpaired) electrons. The number of benzene rings is 1. The molecule has 1 N–H and O–H groups in total. The maximum Gasteiger partial charge on any atom is 0.328 e. The molecule has 18 heavy (non-hydrogen) atoms. The first-order valence-corrected chi connectivity index (χ1v) is 5.74. The quantitative estimate of drug-likeness (QED) is 0.640. The molecule has 0 saturated heterocycles. The second-order valence-corrected chi connectivity index (χ2v) is 4.23. The van der Waals surface area contributed by atoms with Gasteiger partial charge in [-0.2, -0.15) is 0 Å². The van der Waals surface area contributed by atoms with Gasteiger partial charge in [0.25, 0.3) is 0 Å². The Kier molecular flexibility index (Phi) is 5.18. The van der Waals surface area contributed by atoms with Crippen LogP contribution in [0.3, 0.4) is 0 Å². The molecular formula is C15H18O3. The van der Waals surface area contributed by atoms with E-state index in [4.69, 9.17) is 9.84 Å². The Morgan fingerprint density at radius 1 is 1.39 bits per heavy atom. The van der Waals surface area contributed by atoms with Crippen molar-refractivity contribution >= 4 is 12.0 Å². The van der Waals surface area contributed by atoms with E-state index >= 15 is 0 Å². The van der Waals surface area contributed by atoms with Crippen LogP contribution in [-0.2, 0) is 11.2 Å². The topological polar surface area (TPSA) is 46.5 Å². The summed E-state index contributed by atoms with van der Waals surface area (Å²) in [5.41, 5.74) is 3.14. The monoisotopic (exact) mass is 246 g/mol. The lowest BCUT2D eigenvalue weighted by atomic mass is 10.0. The van der Waals surface area contributed by atoms with E-state index in [0.29, 0.717) is 0 Å². The van der Waals surface area contributed by atoms with Crippen LogP contribution in [0, 0.1) is 0 Å². The average Bonchev–Trinajstić information content (AvgIpc) is 2.33. The third-order valence-electron chi connectivity index (χ3n) is 2.45. The lowest BCUT2D eigenvalue weighted by molar-refractivity contribution is -0.131. The van der Waals surface area contributed by atoms with Crippen molar-refractivity contribution in [1.29, 1.82) is 0 Å². The Morgan fingerprint density at radius 3 is 2.67 bits per heavy atom. The number of rotatable bonds is 5. The normalized spacial score (nSPS) is 10.4. The minimum atomic E-state index is -0.948. The minimum absolute atomic E-state index is 0.778. The number of carbonyl (C=O) groups is 1. The first-order valence-electron chi connectivity index (χ1n) is 5.74. The molecule has 0 aromatic heterocycles. The molecule has 3 nitrogen and oxygen atoms in total. The highest BCUT2D eigenvalue weighted by Crippen LogP contribution is 2.22. The van der Waals surface area contributed by atoms with Gasteiger partial charge in [-0.1, -0.05) is 17.7 Å². The largest absolute Gasteiger partial charge is 0.496 e. The van der Waals surface area contributed by atoms with Gasteiger partial charge in [-0.05, 0) is 49.6 Å². The summed E-state index contributed by atoms with van der Waals surface area (Å²) >= 11 is 0. The van der Waals surface area contributed by atoms with Gasteiger partial charge in [0.15, 0.2) is 0 Å². The van der Waals surface area contributed by atoms with Gasteiger partial charge < -0.3 is 9.84 Å². The fraction of sp³-hybridized carbons (Fsp3) is 0.267. The Labute approximate surface area is 107 Å². The number of allylic oxidation sites excluding steroid dienone is 2. The predicted molar refractivity (Wildman–Crippen MR) is 72.8 cm³/mol. The third kappa shape index (κ3) is 4.45. The Morgan fingerprint density at radius 2 is 2.11 bits per heavy atom. The van der Waals surface area contributed by atoms with E-state index in [2.05, 4.69) is 6.08 Å². The summed E-state index contributed by atoms with van der Waals surface area (Å²) in [6, 6.07) is 5.64. The summed E-state index contributed by atoms with van der Waals surface area (Å²) in [4.78, 5) is 10.5. The van der Waals surface area contributed by atoms with E-state index in [0.717, 1.165) is 29.4 Å². The highest BCUT2D eigenvalue weighted by Gasteiger charge is 2.02. The van der Waals surface area contributed by atoms with Gasteiger partial charge >= 0.3 is 5.97 Å². The fourth-order valence-electron chi connectivity index (χ4n) is 1.54. The summed E-state index contributed by atoms with van der Waals surface area (Å²) in [5.74, 6) is -0.128. The zero-order chi connectivity index (χ0) is 13.5. The number of carboxylic acid groups (broad SMARTS) is 1. The Bertz CT molecular complexity index is 481. The van der Waals surface area contributed by atoms with Crippen LogP contribution in [0.25, 0.3) is 6.08 Å².